The minimum absolute atomic E-state index is 0.265. The number of thioether (sulfide) groups is 1. The van der Waals surface area contributed by atoms with Crippen molar-refractivity contribution in [3.8, 4) is 0 Å². The number of carbonyl (C=O) groups is 3. The normalized spacial score (nSPS) is 15.9. The molecule has 1 aromatic heterocycles. The third-order valence-electron chi connectivity index (χ3n) is 3.57. The zero-order chi connectivity index (χ0) is 18.0. The Morgan fingerprint density at radius 1 is 1.24 bits per heavy atom. The van der Waals surface area contributed by atoms with Crippen molar-refractivity contribution in [1.82, 2.24) is 9.47 Å². The molecule has 1 saturated heterocycles. The average molecular weight is 359 g/mol. The molecule has 2 aromatic rings. The fourth-order valence-corrected chi connectivity index (χ4v) is 3.10. The second kappa shape index (κ2) is 6.94. The van der Waals surface area contributed by atoms with Gasteiger partial charge < -0.3 is 9.88 Å². The van der Waals surface area contributed by atoms with Gasteiger partial charge in [0.15, 0.2) is 0 Å². The molecule has 1 fully saturated rings. The van der Waals surface area contributed by atoms with Crippen molar-refractivity contribution in [2.75, 3.05) is 11.9 Å². The SMILES string of the molecule is Cn1cccc1C=C1SC(=O)N(CC(=O)Nc2ccc(F)cc2)C1=O. The molecule has 1 N–H and O–H groups in total. The molecule has 0 atom stereocenters. The first-order chi connectivity index (χ1) is 11.9. The number of halogens is 1. The zero-order valence-corrected chi connectivity index (χ0v) is 14.0. The van der Waals surface area contributed by atoms with Crippen LogP contribution in [0.4, 0.5) is 14.9 Å². The number of aryl methyl sites for hydroxylation is 1. The molecule has 1 aliphatic heterocycles. The van der Waals surface area contributed by atoms with Crippen LogP contribution in [0.2, 0.25) is 0 Å². The Morgan fingerprint density at radius 2 is 1.96 bits per heavy atom. The molecule has 0 spiro atoms. The number of nitrogens with one attached hydrogen (secondary N) is 1. The van der Waals surface area contributed by atoms with Crippen molar-refractivity contribution in [3.63, 3.8) is 0 Å². The van der Waals surface area contributed by atoms with E-state index < -0.39 is 29.4 Å². The van der Waals surface area contributed by atoms with E-state index in [2.05, 4.69) is 5.32 Å². The number of benzene rings is 1. The van der Waals surface area contributed by atoms with Crippen LogP contribution in [-0.2, 0) is 16.6 Å². The summed E-state index contributed by atoms with van der Waals surface area (Å²) in [7, 11) is 1.83. The number of rotatable bonds is 4. The Kier molecular flexibility index (Phi) is 4.71. The van der Waals surface area contributed by atoms with Gasteiger partial charge in [-0.2, -0.15) is 0 Å². The van der Waals surface area contributed by atoms with Gasteiger partial charge in [0.05, 0.1) is 4.91 Å². The lowest BCUT2D eigenvalue weighted by Gasteiger charge is -2.12. The van der Waals surface area contributed by atoms with E-state index in [0.717, 1.165) is 22.4 Å². The van der Waals surface area contributed by atoms with Gasteiger partial charge in [-0.25, -0.2) is 4.39 Å². The van der Waals surface area contributed by atoms with Gasteiger partial charge >= 0.3 is 0 Å². The summed E-state index contributed by atoms with van der Waals surface area (Å²) in [5, 5.41) is 2.02. The zero-order valence-electron chi connectivity index (χ0n) is 13.2. The molecule has 0 saturated carbocycles. The predicted octanol–water partition coefficient (Wildman–Crippen LogP) is 2.84. The third kappa shape index (κ3) is 3.80. The van der Waals surface area contributed by atoms with Gasteiger partial charge in [0.2, 0.25) is 5.91 Å². The Morgan fingerprint density at radius 3 is 2.60 bits per heavy atom. The van der Waals surface area contributed by atoms with Crippen LogP contribution in [0.5, 0.6) is 0 Å². The molecule has 0 radical (unpaired) electrons. The first-order valence-corrected chi connectivity index (χ1v) is 8.18. The maximum Gasteiger partial charge on any atom is 0.294 e. The highest BCUT2D eigenvalue weighted by molar-refractivity contribution is 8.18. The number of hydrogen-bond acceptors (Lipinski definition) is 4. The Bertz CT molecular complexity index is 874. The van der Waals surface area contributed by atoms with Gasteiger partial charge in [-0.05, 0) is 54.2 Å². The smallest absolute Gasteiger partial charge is 0.294 e. The lowest BCUT2D eigenvalue weighted by molar-refractivity contribution is -0.127. The number of imide groups is 1. The highest BCUT2D eigenvalue weighted by atomic mass is 32.2. The van der Waals surface area contributed by atoms with E-state index in [9.17, 15) is 18.8 Å². The van der Waals surface area contributed by atoms with Gasteiger partial charge in [-0.15, -0.1) is 0 Å². The van der Waals surface area contributed by atoms with Gasteiger partial charge in [-0.3, -0.25) is 19.3 Å². The van der Waals surface area contributed by atoms with Crippen molar-refractivity contribution in [3.05, 3.63) is 59.0 Å². The highest BCUT2D eigenvalue weighted by Crippen LogP contribution is 2.32. The topological polar surface area (TPSA) is 71.4 Å². The fraction of sp³-hybridized carbons (Fsp3) is 0.118. The minimum Gasteiger partial charge on any atom is -0.351 e. The van der Waals surface area contributed by atoms with E-state index in [1.165, 1.54) is 24.3 Å². The quantitative estimate of drug-likeness (QED) is 0.852. The third-order valence-corrected chi connectivity index (χ3v) is 4.47. The van der Waals surface area contributed by atoms with Crippen molar-refractivity contribution in [2.24, 2.45) is 7.05 Å². The monoisotopic (exact) mass is 359 g/mol. The summed E-state index contributed by atoms with van der Waals surface area (Å²) >= 11 is 0.795. The molecule has 2 heterocycles. The van der Waals surface area contributed by atoms with Crippen LogP contribution >= 0.6 is 11.8 Å². The molecule has 1 aromatic carbocycles. The summed E-state index contributed by atoms with van der Waals surface area (Å²) in [4.78, 5) is 37.6. The largest absolute Gasteiger partial charge is 0.351 e. The number of amides is 3. The molecule has 3 rings (SSSR count). The van der Waals surface area contributed by atoms with Gasteiger partial charge in [0.1, 0.15) is 12.4 Å². The summed E-state index contributed by atoms with van der Waals surface area (Å²) in [5.41, 5.74) is 1.17. The molecule has 8 heteroatoms. The lowest BCUT2D eigenvalue weighted by atomic mass is 10.3. The lowest BCUT2D eigenvalue weighted by Crippen LogP contribution is -2.36. The van der Waals surface area contributed by atoms with Gasteiger partial charge in [-0.1, -0.05) is 0 Å². The molecule has 0 bridgehead atoms. The van der Waals surface area contributed by atoms with E-state index in [0.29, 0.717) is 5.69 Å². The predicted molar refractivity (Wildman–Crippen MR) is 93.1 cm³/mol. The molecule has 25 heavy (non-hydrogen) atoms. The summed E-state index contributed by atoms with van der Waals surface area (Å²) in [6.45, 7) is -0.396. The van der Waals surface area contributed by atoms with Crippen LogP contribution in [0.3, 0.4) is 0 Å². The molecular weight excluding hydrogens is 345 g/mol. The van der Waals surface area contributed by atoms with Crippen LogP contribution in [0.1, 0.15) is 5.69 Å². The second-order valence-corrected chi connectivity index (χ2v) is 6.36. The standard InChI is InChI=1S/C17H14FN3O3S/c1-20-8-2-3-13(20)9-14-16(23)21(17(24)25-14)10-15(22)19-12-6-4-11(18)5-7-12/h2-9H,10H2,1H3,(H,19,22). The number of anilines is 1. The van der Waals surface area contributed by atoms with Crippen LogP contribution in [0.25, 0.3) is 6.08 Å². The maximum atomic E-state index is 12.9. The highest BCUT2D eigenvalue weighted by Gasteiger charge is 2.36. The number of hydrogen-bond donors (Lipinski definition) is 1. The maximum absolute atomic E-state index is 12.9. The van der Waals surface area contributed by atoms with Gasteiger partial charge in [0, 0.05) is 24.6 Å². The number of carbonyl (C=O) groups excluding carboxylic acids is 3. The molecule has 128 valence electrons. The first kappa shape index (κ1) is 17.0. The Hall–Kier alpha value is -2.87. The average Bonchev–Trinajstić information content (AvgIpc) is 3.08. The van der Waals surface area contributed by atoms with E-state index >= 15 is 0 Å². The van der Waals surface area contributed by atoms with E-state index in [1.54, 1.807) is 6.08 Å². The fourth-order valence-electron chi connectivity index (χ4n) is 2.27. The van der Waals surface area contributed by atoms with Crippen LogP contribution < -0.4 is 5.32 Å². The molecule has 6 nitrogen and oxygen atoms in total. The molecule has 0 aliphatic carbocycles. The molecule has 0 unspecified atom stereocenters. The summed E-state index contributed by atoms with van der Waals surface area (Å²) < 4.78 is 14.7. The van der Waals surface area contributed by atoms with Crippen molar-refractivity contribution in [2.45, 2.75) is 0 Å². The molecular formula is C17H14FN3O3S. The number of nitrogens with zero attached hydrogens (tertiary/aromatic N) is 2. The summed E-state index contributed by atoms with van der Waals surface area (Å²) in [6.07, 6.45) is 3.44. The Balaban J connectivity index is 1.68. The van der Waals surface area contributed by atoms with Gasteiger partial charge in [0.25, 0.3) is 11.1 Å². The van der Waals surface area contributed by atoms with Crippen LogP contribution in [0, 0.1) is 5.82 Å². The van der Waals surface area contributed by atoms with E-state index in [1.807, 2.05) is 29.9 Å². The van der Waals surface area contributed by atoms with Crippen molar-refractivity contribution in [1.29, 1.82) is 0 Å². The van der Waals surface area contributed by atoms with Crippen LogP contribution in [-0.4, -0.2) is 33.1 Å². The van der Waals surface area contributed by atoms with Crippen LogP contribution in [0.15, 0.2) is 47.5 Å². The van der Waals surface area contributed by atoms with E-state index in [-0.39, 0.29) is 4.91 Å². The number of aromatic nitrogens is 1. The minimum atomic E-state index is -0.533. The molecule has 1 aliphatic rings. The van der Waals surface area contributed by atoms with Crippen molar-refractivity contribution >= 4 is 40.6 Å². The summed E-state index contributed by atoms with van der Waals surface area (Å²) in [6, 6.07) is 8.85. The van der Waals surface area contributed by atoms with Crippen molar-refractivity contribution < 1.29 is 18.8 Å². The first-order valence-electron chi connectivity index (χ1n) is 7.36. The summed E-state index contributed by atoms with van der Waals surface area (Å²) in [5.74, 6) is -1.46. The Labute approximate surface area is 147 Å². The molecule has 3 amide bonds. The van der Waals surface area contributed by atoms with E-state index in [4.69, 9.17) is 0 Å². The second-order valence-electron chi connectivity index (χ2n) is 5.37.